The van der Waals surface area contributed by atoms with Crippen LogP contribution >= 0.6 is 23.2 Å². The molecule has 0 bridgehead atoms. The van der Waals surface area contributed by atoms with Gasteiger partial charge in [-0.15, -0.1) is 0 Å². The van der Waals surface area contributed by atoms with Crippen LogP contribution in [0.15, 0.2) is 54.6 Å². The third-order valence-corrected chi connectivity index (χ3v) is 8.64. The number of piperidine rings is 1. The molecule has 1 saturated heterocycles. The zero-order valence-corrected chi connectivity index (χ0v) is 27.3. The van der Waals surface area contributed by atoms with Crippen LogP contribution in [0.2, 0.25) is 10.0 Å². The number of carboxylic acid groups (broad SMARTS) is 1. The zero-order valence-electron chi connectivity index (χ0n) is 25.7. The van der Waals surface area contributed by atoms with Crippen molar-refractivity contribution in [1.29, 1.82) is 5.26 Å². The van der Waals surface area contributed by atoms with Crippen molar-refractivity contribution in [1.82, 2.24) is 15.2 Å². The highest BCUT2D eigenvalue weighted by atomic mass is 35.5. The van der Waals surface area contributed by atoms with Crippen molar-refractivity contribution >= 4 is 57.7 Å². The summed E-state index contributed by atoms with van der Waals surface area (Å²) in [5.74, 6) is -2.02. The number of H-pyrrole nitrogens is 1. The van der Waals surface area contributed by atoms with Crippen molar-refractivity contribution in [2.75, 3.05) is 11.9 Å². The number of carbonyl (C=O) groups is 3. The summed E-state index contributed by atoms with van der Waals surface area (Å²) in [6.45, 7) is 5.86. The third-order valence-electron chi connectivity index (χ3n) is 8.13. The third kappa shape index (κ3) is 7.62. The number of halogens is 3. The fourth-order valence-corrected chi connectivity index (χ4v) is 6.11. The van der Waals surface area contributed by atoms with E-state index in [0.29, 0.717) is 29.4 Å². The molecule has 47 heavy (non-hydrogen) atoms. The maximum Gasteiger partial charge on any atom is 0.267 e. The maximum atomic E-state index is 15.4. The topological polar surface area (TPSA) is 150 Å². The molecule has 4 aromatic rings. The Kier molecular flexibility index (Phi) is 9.65. The van der Waals surface area contributed by atoms with Crippen molar-refractivity contribution in [2.45, 2.75) is 46.2 Å². The number of anilines is 1. The van der Waals surface area contributed by atoms with E-state index in [1.807, 2.05) is 26.8 Å². The number of benzene rings is 3. The average molecular weight is 680 g/mol. The van der Waals surface area contributed by atoms with E-state index in [2.05, 4.69) is 15.6 Å². The van der Waals surface area contributed by atoms with Gasteiger partial charge in [-0.25, -0.2) is 4.39 Å². The molecule has 2 heterocycles. The fraction of sp³-hybridized carbons (Fsp3) is 0.294. The lowest BCUT2D eigenvalue weighted by molar-refractivity contribution is -0.271. The lowest BCUT2D eigenvalue weighted by Crippen LogP contribution is -2.57. The molecule has 5 rings (SSSR count). The Labute approximate surface area is 280 Å². The van der Waals surface area contributed by atoms with Gasteiger partial charge in [0.05, 0.1) is 16.7 Å². The van der Waals surface area contributed by atoms with E-state index in [-0.39, 0.29) is 74.7 Å². The number of rotatable bonds is 7. The van der Waals surface area contributed by atoms with Crippen LogP contribution in [0, 0.1) is 28.5 Å². The second-order valence-corrected chi connectivity index (χ2v) is 13.3. The molecular formula is C34H31Cl2FN5O5-. The van der Waals surface area contributed by atoms with Gasteiger partial charge < -0.3 is 35.2 Å². The first-order chi connectivity index (χ1) is 22.2. The van der Waals surface area contributed by atoms with Crippen molar-refractivity contribution in [3.05, 3.63) is 87.3 Å². The number of likely N-dealkylation sites (tertiary alicyclic amines) is 1. The van der Waals surface area contributed by atoms with Crippen molar-refractivity contribution in [3.63, 3.8) is 0 Å². The number of fused-ring (bicyclic) bond motifs is 1. The number of nitrogens with one attached hydrogen (secondary N) is 3. The second kappa shape index (κ2) is 13.5. The van der Waals surface area contributed by atoms with Gasteiger partial charge in [0.1, 0.15) is 17.5 Å². The van der Waals surface area contributed by atoms with Crippen molar-refractivity contribution < 1.29 is 28.6 Å². The van der Waals surface area contributed by atoms with E-state index >= 15 is 4.39 Å². The van der Waals surface area contributed by atoms with Crippen LogP contribution in [0.1, 0.15) is 55.2 Å². The fourth-order valence-electron chi connectivity index (χ4n) is 5.70. The molecule has 1 fully saturated rings. The lowest BCUT2D eigenvalue weighted by Gasteiger charge is -2.46. The number of nitriles is 1. The summed E-state index contributed by atoms with van der Waals surface area (Å²) in [5, 5.41) is 27.3. The number of amides is 3. The number of ether oxygens (including phenoxy) is 1. The summed E-state index contributed by atoms with van der Waals surface area (Å²) < 4.78 is 21.0. The molecule has 10 nitrogen and oxygen atoms in total. The van der Waals surface area contributed by atoms with E-state index in [1.54, 1.807) is 24.3 Å². The van der Waals surface area contributed by atoms with Crippen LogP contribution in [-0.2, 0) is 11.3 Å². The molecule has 0 radical (unpaired) electrons. The number of aromatic amines is 1. The largest absolute Gasteiger partial charge is 0.530 e. The van der Waals surface area contributed by atoms with Gasteiger partial charge in [0.25, 0.3) is 5.91 Å². The first-order valence-corrected chi connectivity index (χ1v) is 15.5. The number of nitrogens with zero attached hydrogens (tertiary/aromatic N) is 2. The summed E-state index contributed by atoms with van der Waals surface area (Å²) >= 11 is 12.2. The predicted octanol–water partition coefficient (Wildman–Crippen LogP) is 6.62. The van der Waals surface area contributed by atoms with Crippen LogP contribution in [0.25, 0.3) is 10.9 Å². The molecule has 0 saturated carbocycles. The second-order valence-electron chi connectivity index (χ2n) is 12.5. The Bertz CT molecular complexity index is 1920. The van der Waals surface area contributed by atoms with Gasteiger partial charge in [-0.2, -0.15) is 5.26 Å². The standard InChI is InChI=1S/C34H32Cl2FN5O5/c1-34(2,3)28-14-19(8-9-42(28)33(45)46)31(43)40-23-5-7-26-21(12-23)13-27(41-26)32(44)39-17-20-4-6-25(36)30(29(20)37)47-24-11-18(16-38)10-22(35)15-24/h4-7,10-13,15,19,28,41H,8-9,14,17H2,1-3H3,(H,39,44)(H,40,43)(H,45,46)/p-1. The summed E-state index contributed by atoms with van der Waals surface area (Å²) in [5.41, 5.74) is 1.37. The van der Waals surface area contributed by atoms with Crippen LogP contribution in [0.4, 0.5) is 14.9 Å². The summed E-state index contributed by atoms with van der Waals surface area (Å²) in [7, 11) is 0. The molecule has 1 aromatic heterocycles. The summed E-state index contributed by atoms with van der Waals surface area (Å²) in [6.07, 6.45) is -0.471. The molecule has 0 aliphatic carbocycles. The molecule has 3 aromatic carbocycles. The Morgan fingerprint density at radius 2 is 1.89 bits per heavy atom. The maximum absolute atomic E-state index is 15.4. The Morgan fingerprint density at radius 3 is 2.60 bits per heavy atom. The highest BCUT2D eigenvalue weighted by molar-refractivity contribution is 6.32. The van der Waals surface area contributed by atoms with Gasteiger partial charge in [-0.3, -0.25) is 9.59 Å². The quantitative estimate of drug-likeness (QED) is 0.200. The highest BCUT2D eigenvalue weighted by Gasteiger charge is 2.38. The first-order valence-electron chi connectivity index (χ1n) is 14.8. The molecule has 13 heteroatoms. The van der Waals surface area contributed by atoms with Gasteiger partial charge in [-0.1, -0.05) is 50.0 Å². The normalized spacial score (nSPS) is 16.4. The SMILES string of the molecule is CC(C)(C)C1CC(C(=O)Nc2ccc3[nH]c(C(=O)NCc4ccc(Cl)c(Oc5cc(Cl)cc(C#N)c5)c4F)cc3c2)CCN1C(=O)[O-]. The van der Waals surface area contributed by atoms with Crippen molar-refractivity contribution in [3.8, 4) is 17.6 Å². The number of hydrogen-bond acceptors (Lipinski definition) is 6. The minimum Gasteiger partial charge on any atom is -0.530 e. The number of carbonyl (C=O) groups excluding carboxylic acids is 3. The van der Waals surface area contributed by atoms with E-state index < -0.39 is 17.8 Å². The van der Waals surface area contributed by atoms with E-state index in [0.717, 1.165) is 0 Å². The van der Waals surface area contributed by atoms with Crippen molar-refractivity contribution in [2.24, 2.45) is 11.3 Å². The molecule has 2 unspecified atom stereocenters. The number of hydrogen-bond donors (Lipinski definition) is 3. The Hall–Kier alpha value is -4.79. The predicted molar refractivity (Wildman–Crippen MR) is 174 cm³/mol. The van der Waals surface area contributed by atoms with E-state index in [4.69, 9.17) is 27.9 Å². The molecule has 3 N–H and O–H groups in total. The van der Waals surface area contributed by atoms with Gasteiger partial charge in [0, 0.05) is 52.2 Å². The monoisotopic (exact) mass is 678 g/mol. The summed E-state index contributed by atoms with van der Waals surface area (Å²) in [6, 6.07) is 15.5. The van der Waals surface area contributed by atoms with Crippen LogP contribution in [0.5, 0.6) is 11.5 Å². The van der Waals surface area contributed by atoms with E-state index in [1.165, 1.54) is 35.2 Å². The first kappa shape index (κ1) is 33.6. The Morgan fingerprint density at radius 1 is 1.13 bits per heavy atom. The number of aromatic nitrogens is 1. The lowest BCUT2D eigenvalue weighted by atomic mass is 9.77. The van der Waals surface area contributed by atoms with Crippen LogP contribution in [0.3, 0.4) is 0 Å². The molecule has 244 valence electrons. The van der Waals surface area contributed by atoms with Gasteiger partial charge in [0.15, 0.2) is 11.6 Å². The molecule has 2 atom stereocenters. The smallest absolute Gasteiger partial charge is 0.267 e. The molecule has 3 amide bonds. The van der Waals surface area contributed by atoms with E-state index in [9.17, 15) is 24.8 Å². The average Bonchev–Trinajstić information content (AvgIpc) is 3.45. The van der Waals surface area contributed by atoms with Gasteiger partial charge in [0.2, 0.25) is 5.91 Å². The molecule has 1 aliphatic rings. The molecule has 1 aliphatic heterocycles. The zero-order chi connectivity index (χ0) is 34.0. The van der Waals surface area contributed by atoms with Gasteiger partial charge in [-0.05, 0) is 66.8 Å². The Balaban J connectivity index is 1.24. The molecular weight excluding hydrogens is 648 g/mol. The highest BCUT2D eigenvalue weighted by Crippen LogP contribution is 2.36. The van der Waals surface area contributed by atoms with Crippen LogP contribution in [-0.4, -0.2) is 40.4 Å². The van der Waals surface area contributed by atoms with Crippen LogP contribution < -0.4 is 20.5 Å². The minimum atomic E-state index is -1.23. The molecule has 0 spiro atoms. The minimum absolute atomic E-state index is 0.00777. The summed E-state index contributed by atoms with van der Waals surface area (Å²) in [4.78, 5) is 42.2. The van der Waals surface area contributed by atoms with Gasteiger partial charge >= 0.3 is 0 Å².